The van der Waals surface area contributed by atoms with Crippen molar-refractivity contribution in [1.82, 2.24) is 0 Å². The molecule has 0 spiro atoms. The van der Waals surface area contributed by atoms with Gasteiger partial charge in [0.25, 0.3) is 0 Å². The molecule has 3 atom stereocenters. The van der Waals surface area contributed by atoms with Gasteiger partial charge in [0.2, 0.25) is 0 Å². The van der Waals surface area contributed by atoms with Gasteiger partial charge in [-0.3, -0.25) is 9.59 Å². The summed E-state index contributed by atoms with van der Waals surface area (Å²) in [6, 6.07) is 13.8. The van der Waals surface area contributed by atoms with Gasteiger partial charge in [0.05, 0.1) is 0 Å². The van der Waals surface area contributed by atoms with Crippen LogP contribution in [0, 0.1) is 17.8 Å². The smallest absolute Gasteiger partial charge is 0.189 e. The SMILES string of the molecule is C=C(CCCC(=O)C1CCCC2CCCCC21)C(=O)c1cccc2ccccc12. The quantitative estimate of drug-likeness (QED) is 0.381. The molecule has 2 aliphatic carbocycles. The Labute approximate surface area is 174 Å². The highest BCUT2D eigenvalue weighted by atomic mass is 16.1. The van der Waals surface area contributed by atoms with Crippen LogP contribution < -0.4 is 0 Å². The summed E-state index contributed by atoms with van der Waals surface area (Å²) in [6.07, 6.45) is 10.8. The van der Waals surface area contributed by atoms with E-state index in [1.54, 1.807) is 0 Å². The number of ketones is 2. The first-order valence-corrected chi connectivity index (χ1v) is 11.4. The molecule has 3 unspecified atom stereocenters. The van der Waals surface area contributed by atoms with Crippen LogP contribution in [0.1, 0.15) is 74.6 Å². The van der Waals surface area contributed by atoms with E-state index in [0.717, 1.165) is 35.1 Å². The number of Topliss-reactive ketones (excluding diaryl/α,β-unsaturated/α-hetero) is 2. The van der Waals surface area contributed by atoms with Gasteiger partial charge in [-0.2, -0.15) is 0 Å². The number of carbonyl (C=O) groups excluding carboxylic acids is 2. The van der Waals surface area contributed by atoms with E-state index in [1.807, 2.05) is 42.5 Å². The monoisotopic (exact) mass is 388 g/mol. The molecule has 2 aliphatic rings. The fraction of sp³-hybridized carbons (Fsp3) is 0.481. The lowest BCUT2D eigenvalue weighted by atomic mass is 9.64. The van der Waals surface area contributed by atoms with E-state index in [-0.39, 0.29) is 11.7 Å². The molecule has 0 amide bonds. The second-order valence-electron chi connectivity index (χ2n) is 9.03. The van der Waals surface area contributed by atoms with Gasteiger partial charge in [0.15, 0.2) is 5.78 Å². The first kappa shape index (κ1) is 20.1. The summed E-state index contributed by atoms with van der Waals surface area (Å²) in [5.74, 6) is 2.14. The molecular formula is C27H32O2. The molecule has 2 aromatic rings. The Morgan fingerprint density at radius 2 is 1.62 bits per heavy atom. The molecule has 0 N–H and O–H groups in total. The van der Waals surface area contributed by atoms with Crippen molar-refractivity contribution in [1.29, 1.82) is 0 Å². The highest BCUT2D eigenvalue weighted by Crippen LogP contribution is 2.44. The van der Waals surface area contributed by atoms with Crippen LogP contribution in [0.15, 0.2) is 54.6 Å². The second kappa shape index (κ2) is 9.07. The van der Waals surface area contributed by atoms with Crippen LogP contribution >= 0.6 is 0 Å². The Balaban J connectivity index is 1.33. The molecule has 0 aromatic heterocycles. The third-order valence-corrected chi connectivity index (χ3v) is 7.25. The van der Waals surface area contributed by atoms with E-state index in [4.69, 9.17) is 0 Å². The largest absolute Gasteiger partial charge is 0.299 e. The molecule has 2 fully saturated rings. The number of hydrogen-bond acceptors (Lipinski definition) is 2. The molecule has 0 heterocycles. The molecule has 0 bridgehead atoms. The standard InChI is InChI=1S/C27H32O2/c1-19(27(29)25-17-8-13-21-11-3-5-15-23(21)25)9-6-18-26(28)24-16-7-12-20-10-2-4-14-22(20)24/h3,5,8,11,13,15,17,20,22,24H,1-2,4,6-7,9-10,12,14,16,18H2. The molecule has 29 heavy (non-hydrogen) atoms. The third kappa shape index (κ3) is 4.37. The first-order chi connectivity index (χ1) is 14.1. The van der Waals surface area contributed by atoms with Crippen LogP contribution in [-0.4, -0.2) is 11.6 Å². The minimum absolute atomic E-state index is 0.0132. The lowest BCUT2D eigenvalue weighted by Gasteiger charge is -2.40. The van der Waals surface area contributed by atoms with Crippen molar-refractivity contribution in [3.8, 4) is 0 Å². The minimum Gasteiger partial charge on any atom is -0.299 e. The van der Waals surface area contributed by atoms with Gasteiger partial charge in [-0.25, -0.2) is 0 Å². The van der Waals surface area contributed by atoms with E-state index in [9.17, 15) is 9.59 Å². The minimum atomic E-state index is 0.0132. The maximum Gasteiger partial charge on any atom is 0.189 e. The molecule has 0 radical (unpaired) electrons. The average Bonchev–Trinajstić information content (AvgIpc) is 2.77. The van der Waals surface area contributed by atoms with Crippen LogP contribution in [0.2, 0.25) is 0 Å². The number of allylic oxidation sites excluding steroid dienone is 1. The highest BCUT2D eigenvalue weighted by molar-refractivity contribution is 6.15. The number of hydrogen-bond donors (Lipinski definition) is 0. The lowest BCUT2D eigenvalue weighted by Crippen LogP contribution is -2.35. The fourth-order valence-electron chi connectivity index (χ4n) is 5.73. The van der Waals surface area contributed by atoms with Crippen molar-refractivity contribution in [3.05, 3.63) is 60.2 Å². The van der Waals surface area contributed by atoms with Gasteiger partial charge >= 0.3 is 0 Å². The molecular weight excluding hydrogens is 356 g/mol. The van der Waals surface area contributed by atoms with Crippen molar-refractivity contribution in [2.24, 2.45) is 17.8 Å². The van der Waals surface area contributed by atoms with Crippen molar-refractivity contribution >= 4 is 22.3 Å². The zero-order chi connectivity index (χ0) is 20.2. The van der Waals surface area contributed by atoms with Crippen LogP contribution in [0.3, 0.4) is 0 Å². The molecule has 0 saturated heterocycles. The zero-order valence-corrected chi connectivity index (χ0v) is 17.4. The first-order valence-electron chi connectivity index (χ1n) is 11.4. The Morgan fingerprint density at radius 3 is 2.52 bits per heavy atom. The van der Waals surface area contributed by atoms with E-state index in [0.29, 0.717) is 30.1 Å². The van der Waals surface area contributed by atoms with Crippen LogP contribution in [0.25, 0.3) is 10.8 Å². The number of carbonyl (C=O) groups is 2. The van der Waals surface area contributed by atoms with Gasteiger partial charge < -0.3 is 0 Å². The van der Waals surface area contributed by atoms with E-state index in [1.165, 1.54) is 38.5 Å². The number of rotatable bonds is 7. The number of fused-ring (bicyclic) bond motifs is 2. The molecule has 2 heteroatoms. The Bertz CT molecular complexity index is 902. The van der Waals surface area contributed by atoms with Gasteiger partial charge in [-0.05, 0) is 53.9 Å². The zero-order valence-electron chi connectivity index (χ0n) is 17.4. The molecule has 4 rings (SSSR count). The Morgan fingerprint density at radius 1 is 0.862 bits per heavy atom. The van der Waals surface area contributed by atoms with E-state index >= 15 is 0 Å². The Hall–Kier alpha value is -2.22. The summed E-state index contributed by atoms with van der Waals surface area (Å²) in [7, 11) is 0. The third-order valence-electron chi connectivity index (χ3n) is 7.25. The predicted octanol–water partition coefficient (Wildman–Crippen LogP) is 6.92. The van der Waals surface area contributed by atoms with Gasteiger partial charge in [0, 0.05) is 17.9 Å². The van der Waals surface area contributed by atoms with Crippen LogP contribution in [0.5, 0.6) is 0 Å². The molecule has 2 nitrogen and oxygen atoms in total. The molecule has 2 aromatic carbocycles. The summed E-state index contributed by atoms with van der Waals surface area (Å²) >= 11 is 0. The normalized spacial score (nSPS) is 24.1. The summed E-state index contributed by atoms with van der Waals surface area (Å²) in [4.78, 5) is 25.9. The van der Waals surface area contributed by atoms with Crippen molar-refractivity contribution < 1.29 is 9.59 Å². The molecule has 152 valence electrons. The average molecular weight is 389 g/mol. The molecule has 2 saturated carbocycles. The number of benzene rings is 2. The van der Waals surface area contributed by atoms with Crippen LogP contribution in [0.4, 0.5) is 0 Å². The van der Waals surface area contributed by atoms with Crippen LogP contribution in [-0.2, 0) is 4.79 Å². The highest BCUT2D eigenvalue weighted by Gasteiger charge is 2.37. The summed E-state index contributed by atoms with van der Waals surface area (Å²) in [5.41, 5.74) is 1.34. The van der Waals surface area contributed by atoms with Crippen molar-refractivity contribution in [3.63, 3.8) is 0 Å². The lowest BCUT2D eigenvalue weighted by molar-refractivity contribution is -0.127. The fourth-order valence-corrected chi connectivity index (χ4v) is 5.73. The van der Waals surface area contributed by atoms with Gasteiger partial charge in [0.1, 0.15) is 5.78 Å². The maximum atomic E-state index is 12.9. The predicted molar refractivity (Wildman–Crippen MR) is 119 cm³/mol. The second-order valence-corrected chi connectivity index (χ2v) is 9.03. The van der Waals surface area contributed by atoms with Gasteiger partial charge in [-0.1, -0.05) is 81.1 Å². The van der Waals surface area contributed by atoms with Crippen molar-refractivity contribution in [2.45, 2.75) is 64.2 Å². The maximum absolute atomic E-state index is 12.9. The van der Waals surface area contributed by atoms with Gasteiger partial charge in [-0.15, -0.1) is 0 Å². The van der Waals surface area contributed by atoms with E-state index < -0.39 is 0 Å². The molecule has 0 aliphatic heterocycles. The topological polar surface area (TPSA) is 34.1 Å². The van der Waals surface area contributed by atoms with Crippen molar-refractivity contribution in [2.75, 3.05) is 0 Å². The summed E-state index contributed by atoms with van der Waals surface area (Å²) in [5, 5.41) is 2.04. The summed E-state index contributed by atoms with van der Waals surface area (Å²) in [6.45, 7) is 4.05. The summed E-state index contributed by atoms with van der Waals surface area (Å²) < 4.78 is 0. The van der Waals surface area contributed by atoms with E-state index in [2.05, 4.69) is 6.58 Å². The Kier molecular flexibility index (Phi) is 6.28.